The molecule has 0 saturated heterocycles. The SMILES string of the molecule is Cc1ccc(Sc2ccccc2)nc1C. The molecule has 0 bridgehead atoms. The standard InChI is InChI=1S/C13H13NS/c1-10-8-9-13(14-11(10)2)15-12-6-4-3-5-7-12/h3-9H,1-2H3. The molecule has 0 saturated carbocycles. The molecule has 1 heterocycles. The number of aromatic nitrogens is 1. The molecular formula is C13H13NS. The lowest BCUT2D eigenvalue weighted by Gasteiger charge is -2.03. The zero-order valence-corrected chi connectivity index (χ0v) is 9.71. The Kier molecular flexibility index (Phi) is 3.07. The quantitative estimate of drug-likeness (QED) is 0.754. The minimum absolute atomic E-state index is 1.06. The predicted octanol–water partition coefficient (Wildman–Crippen LogP) is 3.85. The van der Waals surface area contributed by atoms with Crippen LogP contribution in [0, 0.1) is 13.8 Å². The summed E-state index contributed by atoms with van der Waals surface area (Å²) < 4.78 is 0. The van der Waals surface area contributed by atoms with Crippen LogP contribution >= 0.6 is 11.8 Å². The highest BCUT2D eigenvalue weighted by Gasteiger charge is 1.99. The zero-order valence-electron chi connectivity index (χ0n) is 8.90. The maximum Gasteiger partial charge on any atom is 0.101 e. The molecule has 0 aliphatic rings. The Bertz CT molecular complexity index is 451. The van der Waals surface area contributed by atoms with Gasteiger partial charge in [-0.05, 0) is 37.6 Å². The van der Waals surface area contributed by atoms with Crippen molar-refractivity contribution in [3.05, 3.63) is 53.7 Å². The molecule has 0 aliphatic heterocycles. The number of aryl methyl sites for hydroxylation is 2. The fraction of sp³-hybridized carbons (Fsp3) is 0.154. The van der Waals surface area contributed by atoms with E-state index in [1.54, 1.807) is 11.8 Å². The normalized spacial score (nSPS) is 10.3. The van der Waals surface area contributed by atoms with E-state index in [0.717, 1.165) is 10.7 Å². The van der Waals surface area contributed by atoms with Crippen molar-refractivity contribution in [2.45, 2.75) is 23.8 Å². The second-order valence-electron chi connectivity index (χ2n) is 3.47. The third-order valence-corrected chi connectivity index (χ3v) is 3.23. The molecule has 0 unspecified atom stereocenters. The van der Waals surface area contributed by atoms with Gasteiger partial charge in [-0.2, -0.15) is 0 Å². The van der Waals surface area contributed by atoms with Gasteiger partial charge in [0.05, 0.1) is 0 Å². The fourth-order valence-electron chi connectivity index (χ4n) is 1.27. The number of hydrogen-bond acceptors (Lipinski definition) is 2. The third-order valence-electron chi connectivity index (χ3n) is 2.29. The summed E-state index contributed by atoms with van der Waals surface area (Å²) in [5, 5.41) is 1.06. The first-order chi connectivity index (χ1) is 7.25. The molecule has 0 aliphatic carbocycles. The van der Waals surface area contributed by atoms with Gasteiger partial charge in [-0.1, -0.05) is 36.0 Å². The summed E-state index contributed by atoms with van der Waals surface area (Å²) in [4.78, 5) is 5.76. The molecule has 1 nitrogen and oxygen atoms in total. The van der Waals surface area contributed by atoms with Crippen molar-refractivity contribution < 1.29 is 0 Å². The minimum atomic E-state index is 1.06. The van der Waals surface area contributed by atoms with Crippen LogP contribution in [0.5, 0.6) is 0 Å². The molecule has 1 aromatic carbocycles. The summed E-state index contributed by atoms with van der Waals surface area (Å²) in [5.41, 5.74) is 2.35. The van der Waals surface area contributed by atoms with Crippen molar-refractivity contribution >= 4 is 11.8 Å². The highest BCUT2D eigenvalue weighted by Crippen LogP contribution is 2.26. The first-order valence-electron chi connectivity index (χ1n) is 4.93. The lowest BCUT2D eigenvalue weighted by molar-refractivity contribution is 1.04. The van der Waals surface area contributed by atoms with Gasteiger partial charge in [-0.25, -0.2) is 4.98 Å². The van der Waals surface area contributed by atoms with Crippen molar-refractivity contribution in [1.82, 2.24) is 4.98 Å². The van der Waals surface area contributed by atoms with E-state index in [4.69, 9.17) is 0 Å². The summed E-state index contributed by atoms with van der Waals surface area (Å²) in [6, 6.07) is 14.5. The van der Waals surface area contributed by atoms with Gasteiger partial charge in [0.15, 0.2) is 0 Å². The molecular weight excluding hydrogens is 202 g/mol. The third kappa shape index (κ3) is 2.60. The van der Waals surface area contributed by atoms with Crippen molar-refractivity contribution in [3.8, 4) is 0 Å². The van der Waals surface area contributed by atoms with E-state index in [1.807, 2.05) is 25.1 Å². The molecule has 0 spiro atoms. The van der Waals surface area contributed by atoms with Crippen LogP contribution in [0.2, 0.25) is 0 Å². The van der Waals surface area contributed by atoms with Gasteiger partial charge in [0.25, 0.3) is 0 Å². The van der Waals surface area contributed by atoms with Crippen molar-refractivity contribution in [3.63, 3.8) is 0 Å². The van der Waals surface area contributed by atoms with E-state index >= 15 is 0 Å². The lowest BCUT2D eigenvalue weighted by atomic mass is 10.2. The Morgan fingerprint density at radius 1 is 0.933 bits per heavy atom. The second-order valence-corrected chi connectivity index (χ2v) is 4.56. The maximum absolute atomic E-state index is 4.53. The van der Waals surface area contributed by atoms with Gasteiger partial charge in [0.2, 0.25) is 0 Å². The van der Waals surface area contributed by atoms with E-state index in [0.29, 0.717) is 0 Å². The van der Waals surface area contributed by atoms with Gasteiger partial charge < -0.3 is 0 Å². The van der Waals surface area contributed by atoms with E-state index in [9.17, 15) is 0 Å². The van der Waals surface area contributed by atoms with Gasteiger partial charge in [0, 0.05) is 10.6 Å². The van der Waals surface area contributed by atoms with E-state index in [-0.39, 0.29) is 0 Å². The van der Waals surface area contributed by atoms with Crippen LogP contribution in [0.25, 0.3) is 0 Å². The van der Waals surface area contributed by atoms with Gasteiger partial charge in [-0.15, -0.1) is 0 Å². The van der Waals surface area contributed by atoms with Crippen LogP contribution in [-0.4, -0.2) is 4.98 Å². The number of nitrogens with zero attached hydrogens (tertiary/aromatic N) is 1. The van der Waals surface area contributed by atoms with Crippen LogP contribution in [0.15, 0.2) is 52.4 Å². The highest BCUT2D eigenvalue weighted by atomic mass is 32.2. The molecule has 2 heteroatoms. The Labute approximate surface area is 94.6 Å². The monoisotopic (exact) mass is 215 g/mol. The molecule has 0 atom stereocenters. The van der Waals surface area contributed by atoms with Gasteiger partial charge in [-0.3, -0.25) is 0 Å². The first-order valence-corrected chi connectivity index (χ1v) is 5.74. The molecule has 15 heavy (non-hydrogen) atoms. The topological polar surface area (TPSA) is 12.9 Å². The number of benzene rings is 1. The summed E-state index contributed by atoms with van der Waals surface area (Å²) in [5.74, 6) is 0. The minimum Gasteiger partial charge on any atom is -0.246 e. The molecule has 0 amide bonds. The zero-order chi connectivity index (χ0) is 10.7. The molecule has 1 aromatic heterocycles. The van der Waals surface area contributed by atoms with E-state index in [1.165, 1.54) is 10.5 Å². The molecule has 0 N–H and O–H groups in total. The van der Waals surface area contributed by atoms with Crippen molar-refractivity contribution in [2.75, 3.05) is 0 Å². The summed E-state index contributed by atoms with van der Waals surface area (Å²) in [7, 11) is 0. The smallest absolute Gasteiger partial charge is 0.101 e. The lowest BCUT2D eigenvalue weighted by Crippen LogP contribution is -1.87. The van der Waals surface area contributed by atoms with Gasteiger partial charge >= 0.3 is 0 Å². The largest absolute Gasteiger partial charge is 0.246 e. The Hall–Kier alpha value is -1.28. The van der Waals surface area contributed by atoms with Crippen LogP contribution in [0.4, 0.5) is 0 Å². The molecule has 76 valence electrons. The number of hydrogen-bond donors (Lipinski definition) is 0. The molecule has 2 rings (SSSR count). The number of pyridine rings is 1. The van der Waals surface area contributed by atoms with Crippen LogP contribution in [-0.2, 0) is 0 Å². The first kappa shape index (κ1) is 10.2. The molecule has 0 fully saturated rings. The summed E-state index contributed by atoms with van der Waals surface area (Å²) in [6.07, 6.45) is 0. The van der Waals surface area contributed by atoms with Crippen LogP contribution < -0.4 is 0 Å². The molecule has 0 radical (unpaired) electrons. The van der Waals surface area contributed by atoms with Crippen LogP contribution in [0.3, 0.4) is 0 Å². The summed E-state index contributed by atoms with van der Waals surface area (Å²) in [6.45, 7) is 4.13. The van der Waals surface area contributed by atoms with E-state index < -0.39 is 0 Å². The Morgan fingerprint density at radius 3 is 2.33 bits per heavy atom. The van der Waals surface area contributed by atoms with Crippen LogP contribution in [0.1, 0.15) is 11.3 Å². The predicted molar refractivity (Wildman–Crippen MR) is 64.3 cm³/mol. The fourth-order valence-corrected chi connectivity index (χ4v) is 2.13. The Morgan fingerprint density at radius 2 is 1.67 bits per heavy atom. The highest BCUT2D eigenvalue weighted by molar-refractivity contribution is 7.99. The summed E-state index contributed by atoms with van der Waals surface area (Å²) >= 11 is 1.70. The number of rotatable bonds is 2. The van der Waals surface area contributed by atoms with Gasteiger partial charge in [0.1, 0.15) is 5.03 Å². The average Bonchev–Trinajstić information content (AvgIpc) is 2.25. The van der Waals surface area contributed by atoms with E-state index in [2.05, 4.69) is 36.2 Å². The second kappa shape index (κ2) is 4.49. The molecule has 2 aromatic rings. The maximum atomic E-state index is 4.53. The Balaban J connectivity index is 2.22. The van der Waals surface area contributed by atoms with Crippen molar-refractivity contribution in [2.24, 2.45) is 0 Å². The average molecular weight is 215 g/mol. The van der Waals surface area contributed by atoms with Crippen molar-refractivity contribution in [1.29, 1.82) is 0 Å².